The summed E-state index contributed by atoms with van der Waals surface area (Å²) in [7, 11) is 1.54. The molecule has 0 saturated heterocycles. The Hall–Kier alpha value is -2.77. The molecular formula is C22H18BrClFNO4. The molecule has 0 radical (unpaired) electrons. The normalized spacial score (nSPS) is 10.5. The minimum Gasteiger partial charge on any atom is -0.493 e. The van der Waals surface area contributed by atoms with E-state index in [1.165, 1.54) is 24.3 Å². The summed E-state index contributed by atoms with van der Waals surface area (Å²) in [6, 6.07) is 14.5. The minimum atomic E-state index is -1.09. The number of methoxy groups -OCH3 is 1. The Kier molecular flexibility index (Phi) is 7.18. The molecule has 0 heterocycles. The largest absolute Gasteiger partial charge is 0.493 e. The van der Waals surface area contributed by atoms with Crippen LogP contribution in [0.2, 0.25) is 5.02 Å². The van der Waals surface area contributed by atoms with Crippen molar-refractivity contribution in [1.82, 2.24) is 0 Å². The summed E-state index contributed by atoms with van der Waals surface area (Å²) < 4.78 is 25.1. The maximum Gasteiger partial charge on any atom is 0.337 e. The molecule has 2 N–H and O–H groups in total. The first kappa shape index (κ1) is 21.9. The maximum absolute atomic E-state index is 13.0. The highest BCUT2D eigenvalue weighted by Crippen LogP contribution is 2.37. The van der Waals surface area contributed by atoms with Crippen LogP contribution in [-0.4, -0.2) is 18.2 Å². The van der Waals surface area contributed by atoms with E-state index in [1.807, 2.05) is 12.1 Å². The van der Waals surface area contributed by atoms with Crippen LogP contribution >= 0.6 is 27.5 Å². The molecule has 0 atom stereocenters. The molecule has 3 rings (SSSR count). The highest BCUT2D eigenvalue weighted by atomic mass is 79.9. The molecular weight excluding hydrogens is 477 g/mol. The van der Waals surface area contributed by atoms with Crippen LogP contribution in [0.3, 0.4) is 0 Å². The van der Waals surface area contributed by atoms with Gasteiger partial charge in [0.15, 0.2) is 11.5 Å². The van der Waals surface area contributed by atoms with Gasteiger partial charge in [0.25, 0.3) is 0 Å². The number of benzene rings is 3. The predicted molar refractivity (Wildman–Crippen MR) is 117 cm³/mol. The molecule has 0 fully saturated rings. The lowest BCUT2D eigenvalue weighted by atomic mass is 10.1. The zero-order chi connectivity index (χ0) is 21.7. The third-order valence-corrected chi connectivity index (χ3v) is 5.20. The zero-order valence-electron chi connectivity index (χ0n) is 15.9. The summed E-state index contributed by atoms with van der Waals surface area (Å²) in [6.45, 7) is 0.684. The van der Waals surface area contributed by atoms with Crippen molar-refractivity contribution < 1.29 is 23.8 Å². The van der Waals surface area contributed by atoms with Gasteiger partial charge in [-0.1, -0.05) is 23.7 Å². The van der Waals surface area contributed by atoms with Crippen molar-refractivity contribution in [3.05, 3.63) is 86.6 Å². The van der Waals surface area contributed by atoms with E-state index in [1.54, 1.807) is 25.3 Å². The molecule has 0 aliphatic carbocycles. The lowest BCUT2D eigenvalue weighted by Gasteiger charge is -2.15. The molecule has 0 unspecified atom stereocenters. The monoisotopic (exact) mass is 493 g/mol. The summed E-state index contributed by atoms with van der Waals surface area (Å²) in [5.41, 5.74) is 2.38. The number of carboxylic acids is 1. The van der Waals surface area contributed by atoms with Gasteiger partial charge in [0.2, 0.25) is 0 Å². The van der Waals surface area contributed by atoms with Crippen molar-refractivity contribution in [3.63, 3.8) is 0 Å². The number of ether oxygens (including phenoxy) is 2. The van der Waals surface area contributed by atoms with Gasteiger partial charge in [-0.15, -0.1) is 0 Å². The van der Waals surface area contributed by atoms with Gasteiger partial charge >= 0.3 is 5.97 Å². The van der Waals surface area contributed by atoms with Gasteiger partial charge in [0, 0.05) is 12.2 Å². The smallest absolute Gasteiger partial charge is 0.337 e. The molecule has 30 heavy (non-hydrogen) atoms. The average Bonchev–Trinajstić information content (AvgIpc) is 2.73. The van der Waals surface area contributed by atoms with Crippen molar-refractivity contribution in [2.45, 2.75) is 13.2 Å². The van der Waals surface area contributed by atoms with Crippen LogP contribution in [-0.2, 0) is 13.2 Å². The van der Waals surface area contributed by atoms with Crippen LogP contribution in [0.15, 0.2) is 59.1 Å². The van der Waals surface area contributed by atoms with Gasteiger partial charge in [-0.3, -0.25) is 0 Å². The summed E-state index contributed by atoms with van der Waals surface area (Å²) in [6.07, 6.45) is 0. The quantitative estimate of drug-likeness (QED) is 0.394. The minimum absolute atomic E-state index is 0.0324. The molecule has 0 bridgehead atoms. The van der Waals surface area contributed by atoms with E-state index in [9.17, 15) is 14.3 Å². The first-order valence-corrected chi connectivity index (χ1v) is 10.0. The molecule has 156 valence electrons. The van der Waals surface area contributed by atoms with Crippen molar-refractivity contribution in [3.8, 4) is 11.5 Å². The van der Waals surface area contributed by atoms with Crippen LogP contribution in [0.25, 0.3) is 0 Å². The molecule has 8 heteroatoms. The first-order chi connectivity index (χ1) is 14.4. The second-order valence-corrected chi connectivity index (χ2v) is 7.64. The van der Waals surface area contributed by atoms with E-state index < -0.39 is 5.97 Å². The molecule has 0 aromatic heterocycles. The Morgan fingerprint density at radius 2 is 1.87 bits per heavy atom. The average molecular weight is 495 g/mol. The second kappa shape index (κ2) is 9.82. The number of anilines is 1. The molecule has 3 aromatic rings. The molecule has 0 saturated carbocycles. The van der Waals surface area contributed by atoms with Crippen LogP contribution in [0.4, 0.5) is 10.1 Å². The first-order valence-electron chi connectivity index (χ1n) is 8.87. The van der Waals surface area contributed by atoms with Crippen molar-refractivity contribution in [1.29, 1.82) is 0 Å². The Morgan fingerprint density at radius 3 is 2.53 bits per heavy atom. The van der Waals surface area contributed by atoms with E-state index in [0.29, 0.717) is 28.2 Å². The van der Waals surface area contributed by atoms with E-state index in [0.717, 1.165) is 11.1 Å². The Labute approximate surface area is 186 Å². The topological polar surface area (TPSA) is 67.8 Å². The molecule has 0 aliphatic rings. The number of hydrogen-bond acceptors (Lipinski definition) is 4. The van der Waals surface area contributed by atoms with Gasteiger partial charge < -0.3 is 19.9 Å². The van der Waals surface area contributed by atoms with Gasteiger partial charge in [-0.05, 0) is 69.5 Å². The van der Waals surface area contributed by atoms with Crippen molar-refractivity contribution >= 4 is 39.2 Å². The van der Waals surface area contributed by atoms with Gasteiger partial charge in [-0.25, -0.2) is 9.18 Å². The number of nitrogens with one attached hydrogen (secondary N) is 1. The van der Waals surface area contributed by atoms with E-state index in [2.05, 4.69) is 21.2 Å². The highest BCUT2D eigenvalue weighted by Gasteiger charge is 2.13. The maximum atomic E-state index is 13.0. The standard InChI is InChI=1S/C22H18BrClFNO4/c1-29-20-9-14(11-26-16-6-7-19(24)17(10-16)22(27)28)8-18(23)21(20)30-12-13-2-4-15(25)5-3-13/h2-10,26H,11-12H2,1H3,(H,27,28). The summed E-state index contributed by atoms with van der Waals surface area (Å²) in [5, 5.41) is 12.5. The summed E-state index contributed by atoms with van der Waals surface area (Å²) in [5.74, 6) is -0.322. The highest BCUT2D eigenvalue weighted by molar-refractivity contribution is 9.10. The van der Waals surface area contributed by atoms with Crippen molar-refractivity contribution in [2.75, 3.05) is 12.4 Å². The summed E-state index contributed by atoms with van der Waals surface area (Å²) in [4.78, 5) is 11.2. The Morgan fingerprint density at radius 1 is 1.13 bits per heavy atom. The molecule has 0 amide bonds. The summed E-state index contributed by atoms with van der Waals surface area (Å²) >= 11 is 9.41. The number of carboxylic acid groups (broad SMARTS) is 1. The molecule has 0 spiro atoms. The fourth-order valence-electron chi connectivity index (χ4n) is 2.75. The Balaban J connectivity index is 1.72. The fourth-order valence-corrected chi connectivity index (χ4v) is 3.56. The van der Waals surface area contributed by atoms with Crippen LogP contribution in [0, 0.1) is 5.82 Å². The molecule has 3 aromatic carbocycles. The number of hydrogen-bond donors (Lipinski definition) is 2. The van der Waals surface area contributed by atoms with Crippen LogP contribution < -0.4 is 14.8 Å². The number of rotatable bonds is 8. The number of carbonyl (C=O) groups is 1. The Bertz CT molecular complexity index is 1060. The number of halogens is 3. The van der Waals surface area contributed by atoms with Gasteiger partial charge in [0.05, 0.1) is 22.2 Å². The zero-order valence-corrected chi connectivity index (χ0v) is 18.3. The lowest BCUT2D eigenvalue weighted by molar-refractivity contribution is 0.0697. The molecule has 5 nitrogen and oxygen atoms in total. The number of aromatic carboxylic acids is 1. The van der Waals surface area contributed by atoms with Gasteiger partial charge in [-0.2, -0.15) is 0 Å². The third kappa shape index (κ3) is 5.43. The van der Waals surface area contributed by atoms with Gasteiger partial charge in [0.1, 0.15) is 12.4 Å². The lowest BCUT2D eigenvalue weighted by Crippen LogP contribution is -2.04. The van der Waals surface area contributed by atoms with E-state index >= 15 is 0 Å². The predicted octanol–water partition coefficient (Wildman–Crippen LogP) is 6.14. The SMILES string of the molecule is COc1cc(CNc2ccc(Cl)c(C(=O)O)c2)cc(Br)c1OCc1ccc(F)cc1. The van der Waals surface area contributed by atoms with Crippen LogP contribution in [0.5, 0.6) is 11.5 Å². The molecule has 0 aliphatic heterocycles. The van der Waals surface area contributed by atoms with E-state index in [-0.39, 0.29) is 23.0 Å². The third-order valence-electron chi connectivity index (χ3n) is 4.28. The van der Waals surface area contributed by atoms with Crippen molar-refractivity contribution in [2.24, 2.45) is 0 Å². The van der Waals surface area contributed by atoms with E-state index in [4.69, 9.17) is 21.1 Å². The second-order valence-electron chi connectivity index (χ2n) is 6.38. The fraction of sp³-hybridized carbons (Fsp3) is 0.136. The van der Waals surface area contributed by atoms with Crippen LogP contribution in [0.1, 0.15) is 21.5 Å².